The summed E-state index contributed by atoms with van der Waals surface area (Å²) in [6.07, 6.45) is 0. The summed E-state index contributed by atoms with van der Waals surface area (Å²) in [7, 11) is 1.48. The number of rotatable bonds is 5. The lowest BCUT2D eigenvalue weighted by Gasteiger charge is -2.31. The molecule has 2 aliphatic heterocycles. The average molecular weight is 445 g/mol. The summed E-state index contributed by atoms with van der Waals surface area (Å²) in [4.78, 5) is 26.6. The first-order valence-corrected chi connectivity index (χ1v) is 10.6. The Morgan fingerprint density at radius 1 is 0.939 bits per heavy atom. The number of benzene rings is 3. The molecule has 0 aliphatic carbocycles. The van der Waals surface area contributed by atoms with E-state index in [1.165, 1.54) is 19.2 Å². The van der Waals surface area contributed by atoms with Gasteiger partial charge in [-0.25, -0.2) is 15.6 Å². The number of ether oxygens (including phenoxy) is 1. The number of phenols is 1. The molecule has 1 amide bonds. The highest BCUT2D eigenvalue weighted by Crippen LogP contribution is 2.49. The van der Waals surface area contributed by atoms with E-state index in [0.717, 1.165) is 11.1 Å². The second kappa shape index (κ2) is 8.23. The Labute approximate surface area is 190 Å². The number of hydrogen-bond acceptors (Lipinski definition) is 6. The van der Waals surface area contributed by atoms with E-state index in [-0.39, 0.29) is 35.2 Å². The number of aromatic hydroxyl groups is 1. The molecular formula is C25H23N3O5. The number of hydrazine groups is 1. The lowest BCUT2D eigenvalue weighted by molar-refractivity contribution is -0.119. The minimum Gasteiger partial charge on any atom is -0.504 e. The minimum atomic E-state index is -1.03. The fourth-order valence-corrected chi connectivity index (χ4v) is 4.88. The zero-order chi connectivity index (χ0) is 23.1. The van der Waals surface area contributed by atoms with E-state index >= 15 is 0 Å². The molecule has 2 saturated heterocycles. The largest absolute Gasteiger partial charge is 0.504 e. The normalized spacial score (nSPS) is 24.0. The van der Waals surface area contributed by atoms with Gasteiger partial charge in [-0.05, 0) is 47.5 Å². The molecule has 0 saturated carbocycles. The minimum absolute atomic E-state index is 0.0155. The third-order valence-electron chi connectivity index (χ3n) is 6.41. The molecule has 4 atom stereocenters. The average Bonchev–Trinajstić information content (AvgIpc) is 3.39. The SMILES string of the molecule is COc1cc(C2C3C(NNC3c3ccccc3)C(=O)N2c2ccc(C(=O)O)cc2)ccc1O. The number of fused-ring (bicyclic) bond motifs is 1. The maximum atomic E-state index is 13.6. The van der Waals surface area contributed by atoms with E-state index in [2.05, 4.69) is 10.9 Å². The molecule has 2 aliphatic rings. The molecule has 0 aromatic heterocycles. The Hall–Kier alpha value is -3.88. The number of anilines is 1. The maximum Gasteiger partial charge on any atom is 0.335 e. The summed E-state index contributed by atoms with van der Waals surface area (Å²) in [5, 5.41) is 19.4. The second-order valence-electron chi connectivity index (χ2n) is 8.17. The van der Waals surface area contributed by atoms with Crippen molar-refractivity contribution in [3.05, 3.63) is 89.5 Å². The summed E-state index contributed by atoms with van der Waals surface area (Å²) in [6, 6.07) is 20.3. The van der Waals surface area contributed by atoms with Crippen LogP contribution in [0.4, 0.5) is 5.69 Å². The third kappa shape index (κ3) is 3.49. The van der Waals surface area contributed by atoms with Gasteiger partial charge in [0.1, 0.15) is 6.04 Å². The standard InChI is InChI=1S/C25H23N3O5/c1-33-19-13-16(9-12-18(19)29)23-20-21(14-5-3-2-4-6-14)26-27-22(20)24(30)28(23)17-10-7-15(8-11-17)25(31)32/h2-13,20-23,26-27,29H,1H3,(H,31,32). The van der Waals surface area contributed by atoms with Gasteiger partial charge in [0.2, 0.25) is 5.91 Å². The molecule has 0 radical (unpaired) electrons. The van der Waals surface area contributed by atoms with Crippen LogP contribution in [0.2, 0.25) is 0 Å². The Kier molecular flexibility index (Phi) is 5.24. The van der Waals surface area contributed by atoms with Gasteiger partial charge in [0, 0.05) is 11.6 Å². The van der Waals surface area contributed by atoms with Crippen LogP contribution in [0.15, 0.2) is 72.8 Å². The van der Waals surface area contributed by atoms with E-state index in [0.29, 0.717) is 11.4 Å². The van der Waals surface area contributed by atoms with E-state index < -0.39 is 12.0 Å². The summed E-state index contributed by atoms with van der Waals surface area (Å²) in [5.74, 6) is -0.984. The molecule has 0 spiro atoms. The van der Waals surface area contributed by atoms with Crippen LogP contribution in [-0.2, 0) is 4.79 Å². The number of aromatic carboxylic acids is 1. The van der Waals surface area contributed by atoms with Crippen molar-refractivity contribution in [3.63, 3.8) is 0 Å². The number of amides is 1. The molecule has 2 heterocycles. The molecule has 33 heavy (non-hydrogen) atoms. The van der Waals surface area contributed by atoms with Crippen LogP contribution < -0.4 is 20.5 Å². The Morgan fingerprint density at radius 2 is 1.64 bits per heavy atom. The predicted molar refractivity (Wildman–Crippen MR) is 121 cm³/mol. The molecule has 3 aromatic rings. The van der Waals surface area contributed by atoms with E-state index in [1.54, 1.807) is 35.2 Å². The highest BCUT2D eigenvalue weighted by molar-refractivity contribution is 6.02. The van der Waals surface area contributed by atoms with Crippen molar-refractivity contribution in [1.82, 2.24) is 10.9 Å². The smallest absolute Gasteiger partial charge is 0.335 e. The highest BCUT2D eigenvalue weighted by atomic mass is 16.5. The topological polar surface area (TPSA) is 111 Å². The fraction of sp³-hybridized carbons (Fsp3) is 0.200. The van der Waals surface area contributed by atoms with Crippen LogP contribution in [0.3, 0.4) is 0 Å². The molecule has 168 valence electrons. The van der Waals surface area contributed by atoms with Crippen LogP contribution in [0.5, 0.6) is 11.5 Å². The highest BCUT2D eigenvalue weighted by Gasteiger charge is 2.56. The molecule has 5 rings (SSSR count). The van der Waals surface area contributed by atoms with Crippen molar-refractivity contribution in [1.29, 1.82) is 0 Å². The molecule has 3 aromatic carbocycles. The van der Waals surface area contributed by atoms with Gasteiger partial charge in [-0.1, -0.05) is 36.4 Å². The van der Waals surface area contributed by atoms with Gasteiger partial charge in [0.15, 0.2) is 11.5 Å². The zero-order valence-electron chi connectivity index (χ0n) is 17.8. The first-order valence-electron chi connectivity index (χ1n) is 10.6. The van der Waals surface area contributed by atoms with Crippen molar-refractivity contribution in [2.45, 2.75) is 18.1 Å². The van der Waals surface area contributed by atoms with Crippen molar-refractivity contribution >= 4 is 17.6 Å². The summed E-state index contributed by atoms with van der Waals surface area (Å²) in [5.41, 5.74) is 9.06. The van der Waals surface area contributed by atoms with Gasteiger partial charge in [0.05, 0.1) is 24.8 Å². The molecule has 4 unspecified atom stereocenters. The van der Waals surface area contributed by atoms with E-state index in [9.17, 15) is 19.8 Å². The number of hydrogen-bond donors (Lipinski definition) is 4. The third-order valence-corrected chi connectivity index (χ3v) is 6.41. The monoisotopic (exact) mass is 445 g/mol. The van der Waals surface area contributed by atoms with Crippen molar-refractivity contribution in [3.8, 4) is 11.5 Å². The van der Waals surface area contributed by atoms with Crippen molar-refractivity contribution in [2.24, 2.45) is 5.92 Å². The number of phenolic OH excluding ortho intramolecular Hbond substituents is 1. The molecule has 8 heteroatoms. The molecular weight excluding hydrogens is 422 g/mol. The Morgan fingerprint density at radius 3 is 2.30 bits per heavy atom. The Balaban J connectivity index is 1.63. The summed E-state index contributed by atoms with van der Waals surface area (Å²) in [6.45, 7) is 0. The van der Waals surface area contributed by atoms with Gasteiger partial charge < -0.3 is 19.8 Å². The van der Waals surface area contributed by atoms with E-state index in [1.807, 2.05) is 30.3 Å². The number of carbonyl (C=O) groups excluding carboxylic acids is 1. The Bertz CT molecular complexity index is 1200. The number of nitrogens with one attached hydrogen (secondary N) is 2. The first-order chi connectivity index (χ1) is 16.0. The molecule has 2 fully saturated rings. The van der Waals surface area contributed by atoms with E-state index in [4.69, 9.17) is 4.74 Å². The lowest BCUT2D eigenvalue weighted by atomic mass is 9.83. The molecule has 8 nitrogen and oxygen atoms in total. The van der Waals surface area contributed by atoms with Crippen LogP contribution >= 0.6 is 0 Å². The maximum absolute atomic E-state index is 13.6. The predicted octanol–water partition coefficient (Wildman–Crippen LogP) is 3.02. The number of nitrogens with zero attached hydrogens (tertiary/aromatic N) is 1. The number of carboxylic acids is 1. The van der Waals surface area contributed by atoms with Crippen LogP contribution in [0, 0.1) is 5.92 Å². The molecule has 0 bridgehead atoms. The summed E-state index contributed by atoms with van der Waals surface area (Å²) >= 11 is 0. The van der Waals surface area contributed by atoms with Gasteiger partial charge in [-0.3, -0.25) is 4.79 Å². The van der Waals surface area contributed by atoms with Crippen LogP contribution in [0.25, 0.3) is 0 Å². The fourth-order valence-electron chi connectivity index (χ4n) is 4.88. The second-order valence-corrected chi connectivity index (χ2v) is 8.17. The van der Waals surface area contributed by atoms with Crippen LogP contribution in [-0.4, -0.2) is 35.2 Å². The molecule has 4 N–H and O–H groups in total. The quantitative estimate of drug-likeness (QED) is 0.478. The van der Waals surface area contributed by atoms with Gasteiger partial charge in [0.25, 0.3) is 0 Å². The van der Waals surface area contributed by atoms with Gasteiger partial charge in [-0.2, -0.15) is 0 Å². The van der Waals surface area contributed by atoms with Crippen molar-refractivity contribution < 1.29 is 24.5 Å². The summed E-state index contributed by atoms with van der Waals surface area (Å²) < 4.78 is 5.33. The van der Waals surface area contributed by atoms with Gasteiger partial charge in [-0.15, -0.1) is 0 Å². The number of methoxy groups -OCH3 is 1. The van der Waals surface area contributed by atoms with Gasteiger partial charge >= 0.3 is 5.97 Å². The van der Waals surface area contributed by atoms with Crippen molar-refractivity contribution in [2.75, 3.05) is 12.0 Å². The number of carbonyl (C=O) groups is 2. The lowest BCUT2D eigenvalue weighted by Crippen LogP contribution is -2.41. The first kappa shape index (κ1) is 21.0. The van der Waals surface area contributed by atoms with Crippen LogP contribution in [0.1, 0.15) is 33.6 Å². The zero-order valence-corrected chi connectivity index (χ0v) is 17.8. The number of carboxylic acid groups (broad SMARTS) is 1.